The number of nitrogens with zero attached hydrogens (tertiary/aromatic N) is 4. The van der Waals surface area contributed by atoms with E-state index < -0.39 is 32.1 Å². The van der Waals surface area contributed by atoms with Crippen LogP contribution in [0.15, 0.2) is 40.1 Å². The second kappa shape index (κ2) is 9.23. The van der Waals surface area contributed by atoms with Crippen molar-refractivity contribution in [3.63, 3.8) is 0 Å². The highest BCUT2D eigenvalue weighted by Gasteiger charge is 2.46. The molecule has 0 spiro atoms. The molecule has 4 heterocycles. The number of benzene rings is 1. The van der Waals surface area contributed by atoms with Crippen LogP contribution in [0.4, 0.5) is 16.3 Å². The molecule has 15 heteroatoms. The van der Waals surface area contributed by atoms with Crippen LogP contribution in [0.25, 0.3) is 0 Å². The van der Waals surface area contributed by atoms with Gasteiger partial charge in [0.05, 0.1) is 20.7 Å². The third kappa shape index (κ3) is 4.28. The van der Waals surface area contributed by atoms with E-state index in [4.69, 9.17) is 26.8 Å². The summed E-state index contributed by atoms with van der Waals surface area (Å²) in [4.78, 5) is 20.1. The Hall–Kier alpha value is -2.65. The number of hydrogen-bond acceptors (Lipinski definition) is 10. The van der Waals surface area contributed by atoms with Gasteiger partial charge in [-0.25, -0.2) is 26.6 Å². The highest BCUT2D eigenvalue weighted by atomic mass is 35.5. The van der Waals surface area contributed by atoms with Crippen LogP contribution in [0.2, 0.25) is 5.15 Å². The summed E-state index contributed by atoms with van der Waals surface area (Å²) in [5.74, 6) is 0.682. The number of fused-ring (bicyclic) bond motifs is 3. The van der Waals surface area contributed by atoms with Crippen molar-refractivity contribution < 1.29 is 31.1 Å². The summed E-state index contributed by atoms with van der Waals surface area (Å²) in [5, 5.41) is -0.298. The van der Waals surface area contributed by atoms with Gasteiger partial charge in [0.2, 0.25) is 10.0 Å². The molecule has 2 saturated heterocycles. The second-order valence-corrected chi connectivity index (χ2v) is 14.2. The minimum Gasteiger partial charge on any atom is -0.489 e. The number of aromatic nitrogens is 1. The molecule has 38 heavy (non-hydrogen) atoms. The number of carbonyl (C=O) groups is 1. The van der Waals surface area contributed by atoms with Gasteiger partial charge in [-0.1, -0.05) is 11.6 Å². The van der Waals surface area contributed by atoms with E-state index in [1.807, 2.05) is 4.90 Å². The summed E-state index contributed by atoms with van der Waals surface area (Å²) in [6, 6.07) is 6.92. The highest BCUT2D eigenvalue weighted by Crippen LogP contribution is 2.40. The molecule has 4 aliphatic rings. The van der Waals surface area contributed by atoms with Gasteiger partial charge in [-0.2, -0.15) is 4.31 Å². The minimum absolute atomic E-state index is 0.0461. The molecule has 0 radical (unpaired) electrons. The van der Waals surface area contributed by atoms with Crippen molar-refractivity contribution in [2.75, 3.05) is 49.1 Å². The van der Waals surface area contributed by atoms with E-state index in [0.717, 1.165) is 0 Å². The SMILES string of the molecule is NC[C@@H]1OC(=O)N2c3ccc(S(=O)(=O)N4CCN(c5cc(S(=O)(=O)C6CC6)cc(Cl)n5)CC4)cc3OC[C@H]12. The largest absolute Gasteiger partial charge is 0.489 e. The van der Waals surface area contributed by atoms with Crippen molar-refractivity contribution in [1.29, 1.82) is 0 Å². The first-order valence-electron chi connectivity index (χ1n) is 12.2. The lowest BCUT2D eigenvalue weighted by Gasteiger charge is -2.35. The lowest BCUT2D eigenvalue weighted by atomic mass is 10.1. The molecular formula is C23H26ClN5O7S2. The topological polar surface area (TPSA) is 152 Å². The van der Waals surface area contributed by atoms with Gasteiger partial charge in [-0.3, -0.25) is 4.90 Å². The number of halogens is 1. The Morgan fingerprint density at radius 3 is 2.45 bits per heavy atom. The Morgan fingerprint density at radius 2 is 1.76 bits per heavy atom. The minimum atomic E-state index is -3.87. The summed E-state index contributed by atoms with van der Waals surface area (Å²) >= 11 is 6.14. The lowest BCUT2D eigenvalue weighted by Crippen LogP contribution is -2.49. The second-order valence-electron chi connectivity index (χ2n) is 9.66. The highest BCUT2D eigenvalue weighted by molar-refractivity contribution is 7.92. The van der Waals surface area contributed by atoms with Gasteiger partial charge < -0.3 is 20.1 Å². The molecule has 12 nitrogen and oxygen atoms in total. The molecule has 3 fully saturated rings. The van der Waals surface area contributed by atoms with Crippen LogP contribution in [0.1, 0.15) is 12.8 Å². The van der Waals surface area contributed by atoms with E-state index in [1.165, 1.54) is 33.5 Å². The van der Waals surface area contributed by atoms with Gasteiger partial charge in [-0.15, -0.1) is 0 Å². The number of rotatable bonds is 6. The van der Waals surface area contributed by atoms with Crippen molar-refractivity contribution >= 4 is 49.1 Å². The van der Waals surface area contributed by atoms with Crippen LogP contribution >= 0.6 is 11.6 Å². The smallest absolute Gasteiger partial charge is 0.415 e. The number of sulfonamides is 1. The number of carbonyl (C=O) groups excluding carboxylic acids is 1. The van der Waals surface area contributed by atoms with Crippen LogP contribution in [-0.4, -0.2) is 88.9 Å². The van der Waals surface area contributed by atoms with E-state index in [9.17, 15) is 21.6 Å². The zero-order valence-electron chi connectivity index (χ0n) is 20.2. The predicted octanol–water partition coefficient (Wildman–Crippen LogP) is 1.23. The summed E-state index contributed by atoms with van der Waals surface area (Å²) in [6.45, 7) is 1.24. The lowest BCUT2D eigenvalue weighted by molar-refractivity contribution is 0.126. The van der Waals surface area contributed by atoms with Gasteiger partial charge in [0, 0.05) is 38.8 Å². The van der Waals surface area contributed by atoms with Crippen LogP contribution < -0.4 is 20.3 Å². The number of pyridine rings is 1. The van der Waals surface area contributed by atoms with Gasteiger partial charge in [0.1, 0.15) is 35.5 Å². The van der Waals surface area contributed by atoms with Gasteiger partial charge in [-0.05, 0) is 37.1 Å². The molecule has 2 N–H and O–H groups in total. The summed E-state index contributed by atoms with van der Waals surface area (Å²) in [6.07, 6.45) is 0.246. The standard InChI is InChI=1S/C23H26ClN5O7S2/c24-21-10-16(37(31,32)14-1-2-14)11-22(26-21)27-5-7-28(8-6-27)38(33,34)15-3-4-17-19(9-15)35-13-18-20(12-25)36-23(30)29(17)18/h3-4,9-11,14,18,20H,1-2,5-8,12-13,25H2/t18-,20+/m1/s1. The Morgan fingerprint density at radius 1 is 1.03 bits per heavy atom. The van der Waals surface area contributed by atoms with Crippen LogP contribution in [-0.2, 0) is 24.6 Å². The summed E-state index contributed by atoms with van der Waals surface area (Å²) in [5.41, 5.74) is 6.14. The van der Waals surface area contributed by atoms with E-state index in [0.29, 0.717) is 37.4 Å². The first-order chi connectivity index (χ1) is 18.1. The molecule has 0 bridgehead atoms. The van der Waals surface area contributed by atoms with Crippen LogP contribution in [0.5, 0.6) is 5.75 Å². The van der Waals surface area contributed by atoms with E-state index >= 15 is 0 Å². The predicted molar refractivity (Wildman–Crippen MR) is 138 cm³/mol. The fraction of sp³-hybridized carbons (Fsp3) is 0.478. The van der Waals surface area contributed by atoms with Crippen LogP contribution in [0.3, 0.4) is 0 Å². The molecule has 1 aliphatic carbocycles. The molecule has 0 unspecified atom stereocenters. The molecule has 3 aliphatic heterocycles. The number of anilines is 2. The maximum absolute atomic E-state index is 13.4. The van der Waals surface area contributed by atoms with E-state index in [2.05, 4.69) is 4.98 Å². The van der Waals surface area contributed by atoms with Crippen LogP contribution in [0, 0.1) is 0 Å². The maximum atomic E-state index is 13.4. The summed E-state index contributed by atoms with van der Waals surface area (Å²) in [7, 11) is -7.31. The first kappa shape index (κ1) is 25.6. The number of ether oxygens (including phenoxy) is 2. The number of cyclic esters (lactones) is 1. The monoisotopic (exact) mass is 583 g/mol. The third-order valence-corrected chi connectivity index (χ3v) is 11.6. The number of sulfone groups is 1. The van der Waals surface area contributed by atoms with Crippen molar-refractivity contribution in [3.05, 3.63) is 35.5 Å². The zero-order valence-corrected chi connectivity index (χ0v) is 22.6. The zero-order chi connectivity index (χ0) is 26.8. The number of amides is 1. The number of piperazine rings is 1. The Bertz CT molecular complexity index is 1510. The molecule has 204 valence electrons. The summed E-state index contributed by atoms with van der Waals surface area (Å²) < 4.78 is 64.7. The van der Waals surface area contributed by atoms with Gasteiger partial charge in [0.15, 0.2) is 9.84 Å². The average Bonchev–Trinajstić information content (AvgIpc) is 3.72. The van der Waals surface area contributed by atoms with E-state index in [1.54, 1.807) is 6.07 Å². The van der Waals surface area contributed by atoms with Crippen molar-refractivity contribution in [2.45, 2.75) is 40.0 Å². The molecule has 1 aromatic heterocycles. The number of hydrogen-bond donors (Lipinski definition) is 1. The van der Waals surface area contributed by atoms with E-state index in [-0.39, 0.29) is 58.2 Å². The first-order valence-corrected chi connectivity index (χ1v) is 15.6. The molecule has 2 atom stereocenters. The van der Waals surface area contributed by atoms with Gasteiger partial charge >= 0.3 is 6.09 Å². The molecule has 1 aromatic carbocycles. The third-order valence-electron chi connectivity index (χ3n) is 7.29. The average molecular weight is 584 g/mol. The van der Waals surface area contributed by atoms with Gasteiger partial charge in [0.25, 0.3) is 0 Å². The molecule has 2 aromatic rings. The Balaban J connectivity index is 1.18. The van der Waals surface area contributed by atoms with Crippen molar-refractivity contribution in [3.8, 4) is 5.75 Å². The van der Waals surface area contributed by atoms with Crippen molar-refractivity contribution in [2.24, 2.45) is 5.73 Å². The number of nitrogens with two attached hydrogens (primary N) is 1. The Kier molecular flexibility index (Phi) is 6.22. The normalized spacial score (nSPS) is 24.0. The molecule has 6 rings (SSSR count). The molecular weight excluding hydrogens is 558 g/mol. The molecule has 1 amide bonds. The maximum Gasteiger partial charge on any atom is 0.415 e. The fourth-order valence-electron chi connectivity index (χ4n) is 5.04. The Labute approximate surface area is 225 Å². The molecule has 1 saturated carbocycles. The fourth-order valence-corrected chi connectivity index (χ4v) is 8.43. The quantitative estimate of drug-likeness (QED) is 0.491. The van der Waals surface area contributed by atoms with Crippen molar-refractivity contribution in [1.82, 2.24) is 9.29 Å².